The van der Waals surface area contributed by atoms with Crippen LogP contribution in [0.3, 0.4) is 0 Å². The van der Waals surface area contributed by atoms with Crippen LogP contribution >= 0.6 is 11.3 Å². The van der Waals surface area contributed by atoms with Gasteiger partial charge in [-0.2, -0.15) is 5.10 Å². The summed E-state index contributed by atoms with van der Waals surface area (Å²) in [7, 11) is 0. The molecule has 1 N–H and O–H groups in total. The van der Waals surface area contributed by atoms with Crippen LogP contribution in [0.5, 0.6) is 0 Å². The summed E-state index contributed by atoms with van der Waals surface area (Å²) in [6.45, 7) is 7.21. The number of anilines is 1. The van der Waals surface area contributed by atoms with E-state index >= 15 is 0 Å². The number of ether oxygens (including phenoxy) is 1. The van der Waals surface area contributed by atoms with Crippen LogP contribution in [0.2, 0.25) is 0 Å². The third kappa shape index (κ3) is 5.17. The lowest BCUT2D eigenvalue weighted by atomic mass is 10.2. The zero-order valence-corrected chi connectivity index (χ0v) is 17.5. The number of esters is 1. The minimum atomic E-state index is -0.602. The second-order valence-corrected chi connectivity index (χ2v) is 7.64. The van der Waals surface area contributed by atoms with Crippen molar-refractivity contribution in [3.8, 4) is 5.69 Å². The van der Waals surface area contributed by atoms with Crippen LogP contribution in [-0.4, -0.2) is 33.2 Å². The summed E-state index contributed by atoms with van der Waals surface area (Å²) < 4.78 is 6.77. The first-order chi connectivity index (χ1) is 13.8. The van der Waals surface area contributed by atoms with Gasteiger partial charge in [0.15, 0.2) is 6.61 Å². The van der Waals surface area contributed by atoms with E-state index in [9.17, 15) is 9.59 Å². The summed E-state index contributed by atoms with van der Waals surface area (Å²) in [6, 6.07) is 7.95. The van der Waals surface area contributed by atoms with E-state index in [0.29, 0.717) is 17.1 Å². The number of hydrogen-bond donors (Lipinski definition) is 1. The molecule has 1 aromatic carbocycles. The first kappa shape index (κ1) is 20.5. The van der Waals surface area contributed by atoms with E-state index in [1.165, 1.54) is 17.4 Å². The third-order valence-corrected chi connectivity index (χ3v) is 5.00. The summed E-state index contributed by atoms with van der Waals surface area (Å²) in [4.78, 5) is 28.3. The standard InChI is InChI=1S/C21H22N4O3S/c1-13-5-8-18(9-6-13)25-15(3)21(14(2)24-25)23-19(26)11-28-20(27)10-7-17-12-29-16(4)22-17/h5-10,12H,11H2,1-4H3,(H,23,26)/b10-7+. The normalized spacial score (nSPS) is 11.0. The number of hydrogen-bond acceptors (Lipinski definition) is 6. The van der Waals surface area contributed by atoms with Crippen molar-refractivity contribution in [2.24, 2.45) is 0 Å². The molecule has 2 heterocycles. The molecule has 0 aliphatic heterocycles. The Kier molecular flexibility index (Phi) is 6.23. The van der Waals surface area contributed by atoms with Crippen LogP contribution in [0.15, 0.2) is 35.7 Å². The number of thiazole rings is 1. The molecule has 29 heavy (non-hydrogen) atoms. The maximum Gasteiger partial charge on any atom is 0.331 e. The maximum absolute atomic E-state index is 12.2. The summed E-state index contributed by atoms with van der Waals surface area (Å²) in [5, 5.41) is 10.0. The molecular formula is C21H22N4O3S. The van der Waals surface area contributed by atoms with Crippen molar-refractivity contribution in [2.45, 2.75) is 27.7 Å². The van der Waals surface area contributed by atoms with Gasteiger partial charge >= 0.3 is 5.97 Å². The molecule has 150 valence electrons. The van der Waals surface area contributed by atoms with E-state index in [0.717, 1.165) is 22.0 Å². The molecule has 0 aliphatic carbocycles. The van der Waals surface area contributed by atoms with Gasteiger partial charge in [-0.05, 0) is 45.9 Å². The molecule has 3 aromatic rings. The Morgan fingerprint density at radius 3 is 2.55 bits per heavy atom. The topological polar surface area (TPSA) is 86.1 Å². The molecule has 0 saturated heterocycles. The van der Waals surface area contributed by atoms with Gasteiger partial charge in [-0.15, -0.1) is 11.3 Å². The Morgan fingerprint density at radius 1 is 1.17 bits per heavy atom. The van der Waals surface area contributed by atoms with E-state index in [1.54, 1.807) is 10.8 Å². The molecule has 7 nitrogen and oxygen atoms in total. The largest absolute Gasteiger partial charge is 0.452 e. The number of carbonyl (C=O) groups is 2. The Labute approximate surface area is 173 Å². The predicted octanol–water partition coefficient (Wildman–Crippen LogP) is 3.76. The number of rotatable bonds is 6. The quantitative estimate of drug-likeness (QED) is 0.494. The fourth-order valence-electron chi connectivity index (χ4n) is 2.73. The van der Waals surface area contributed by atoms with Crippen LogP contribution in [0.4, 0.5) is 5.69 Å². The molecule has 3 rings (SSSR count). The Balaban J connectivity index is 1.60. The second kappa shape index (κ2) is 8.83. The van der Waals surface area contributed by atoms with Crippen LogP contribution < -0.4 is 5.32 Å². The van der Waals surface area contributed by atoms with E-state index in [2.05, 4.69) is 15.4 Å². The van der Waals surface area contributed by atoms with Crippen LogP contribution in [0, 0.1) is 27.7 Å². The molecule has 8 heteroatoms. The van der Waals surface area contributed by atoms with Gasteiger partial charge in [0, 0.05) is 11.5 Å². The minimum absolute atomic E-state index is 0.381. The van der Waals surface area contributed by atoms with Crippen LogP contribution in [0.1, 0.15) is 27.7 Å². The summed E-state index contributed by atoms with van der Waals surface area (Å²) in [5.74, 6) is -1.03. The SMILES string of the molecule is Cc1ccc(-n2nc(C)c(NC(=O)COC(=O)/C=C/c3csc(C)n3)c2C)cc1. The minimum Gasteiger partial charge on any atom is -0.452 e. The number of carbonyl (C=O) groups excluding carboxylic acids is 2. The number of nitrogens with one attached hydrogen (secondary N) is 1. The molecule has 0 fully saturated rings. The van der Waals surface area contributed by atoms with Gasteiger partial charge in [0.05, 0.1) is 33.5 Å². The average molecular weight is 410 g/mol. The molecule has 1 amide bonds. The van der Waals surface area contributed by atoms with Crippen LogP contribution in [0.25, 0.3) is 11.8 Å². The highest BCUT2D eigenvalue weighted by molar-refractivity contribution is 7.09. The van der Waals surface area contributed by atoms with Crippen molar-refractivity contribution in [1.82, 2.24) is 14.8 Å². The lowest BCUT2D eigenvalue weighted by molar-refractivity contribution is -0.142. The Bertz CT molecular complexity index is 1060. The van der Waals surface area contributed by atoms with Crippen molar-refractivity contribution in [1.29, 1.82) is 0 Å². The summed E-state index contributed by atoms with van der Waals surface area (Å²) in [6.07, 6.45) is 2.82. The van der Waals surface area contributed by atoms with Gasteiger partial charge < -0.3 is 10.1 Å². The predicted molar refractivity (Wildman–Crippen MR) is 113 cm³/mol. The van der Waals surface area contributed by atoms with Gasteiger partial charge in [-0.25, -0.2) is 14.5 Å². The summed E-state index contributed by atoms with van der Waals surface area (Å²) >= 11 is 1.49. The zero-order chi connectivity index (χ0) is 21.0. The van der Waals surface area contributed by atoms with Gasteiger partial charge in [-0.3, -0.25) is 4.79 Å². The van der Waals surface area contributed by atoms with E-state index in [4.69, 9.17) is 4.74 Å². The smallest absolute Gasteiger partial charge is 0.331 e. The van der Waals surface area contributed by atoms with Crippen molar-refractivity contribution < 1.29 is 14.3 Å². The highest BCUT2D eigenvalue weighted by Gasteiger charge is 2.16. The van der Waals surface area contributed by atoms with Gasteiger partial charge in [-0.1, -0.05) is 17.7 Å². The maximum atomic E-state index is 12.2. The fraction of sp³-hybridized carbons (Fsp3) is 0.238. The first-order valence-electron chi connectivity index (χ1n) is 9.03. The van der Waals surface area contributed by atoms with E-state index in [1.807, 2.05) is 57.3 Å². The third-order valence-electron chi connectivity index (χ3n) is 4.21. The van der Waals surface area contributed by atoms with Gasteiger partial charge in [0.1, 0.15) is 0 Å². The number of nitrogens with zero attached hydrogens (tertiary/aromatic N) is 3. The first-order valence-corrected chi connectivity index (χ1v) is 9.91. The number of amides is 1. The fourth-order valence-corrected chi connectivity index (χ4v) is 3.31. The van der Waals surface area contributed by atoms with Crippen LogP contribution in [-0.2, 0) is 14.3 Å². The van der Waals surface area contributed by atoms with Crippen molar-refractivity contribution in [3.63, 3.8) is 0 Å². The van der Waals surface area contributed by atoms with Gasteiger partial charge in [0.2, 0.25) is 0 Å². The van der Waals surface area contributed by atoms with E-state index in [-0.39, 0.29) is 6.61 Å². The highest BCUT2D eigenvalue weighted by atomic mass is 32.1. The Morgan fingerprint density at radius 2 is 1.90 bits per heavy atom. The lowest BCUT2D eigenvalue weighted by Crippen LogP contribution is -2.20. The number of aryl methyl sites for hydroxylation is 3. The molecule has 0 bridgehead atoms. The zero-order valence-electron chi connectivity index (χ0n) is 16.7. The molecular weight excluding hydrogens is 388 g/mol. The molecule has 0 radical (unpaired) electrons. The molecule has 0 atom stereocenters. The molecule has 0 unspecified atom stereocenters. The molecule has 0 spiro atoms. The average Bonchev–Trinajstić information content (AvgIpc) is 3.23. The summed E-state index contributed by atoms with van der Waals surface area (Å²) in [5.41, 5.74) is 4.84. The monoisotopic (exact) mass is 410 g/mol. The lowest BCUT2D eigenvalue weighted by Gasteiger charge is -2.07. The second-order valence-electron chi connectivity index (χ2n) is 6.57. The highest BCUT2D eigenvalue weighted by Crippen LogP contribution is 2.23. The van der Waals surface area contributed by atoms with Crippen molar-refractivity contribution in [2.75, 3.05) is 11.9 Å². The number of aromatic nitrogens is 3. The number of benzene rings is 1. The van der Waals surface area contributed by atoms with Crippen molar-refractivity contribution in [3.05, 3.63) is 63.4 Å². The van der Waals surface area contributed by atoms with E-state index < -0.39 is 11.9 Å². The van der Waals surface area contributed by atoms with Crippen molar-refractivity contribution >= 4 is 35.0 Å². The Hall–Kier alpha value is -3.26. The molecule has 0 aliphatic rings. The molecule has 2 aromatic heterocycles. The molecule has 0 saturated carbocycles. The van der Waals surface area contributed by atoms with Gasteiger partial charge in [0.25, 0.3) is 5.91 Å².